The molecule has 0 atom stereocenters. The molecule has 0 saturated carbocycles. The van der Waals surface area contributed by atoms with Crippen molar-refractivity contribution < 1.29 is 9.53 Å². The minimum atomic E-state index is -0.377. The molecular weight excluding hydrogens is 376 g/mol. The van der Waals surface area contributed by atoms with Crippen LogP contribution in [0.3, 0.4) is 0 Å². The molecule has 0 aliphatic carbocycles. The molecule has 160 valence electrons. The van der Waals surface area contributed by atoms with Gasteiger partial charge in [-0.1, -0.05) is 26.0 Å². The Bertz CT molecular complexity index is 971. The topological polar surface area (TPSA) is 61.5 Å². The Balaban J connectivity index is 0.00000124. The van der Waals surface area contributed by atoms with Gasteiger partial charge in [-0.05, 0) is 38.1 Å². The number of hydrogen-bond donors (Lipinski definition) is 1. The Morgan fingerprint density at radius 2 is 1.73 bits per heavy atom. The highest BCUT2D eigenvalue weighted by Gasteiger charge is 2.19. The number of nitrogens with zero attached hydrogens (tertiary/aromatic N) is 3. The predicted molar refractivity (Wildman–Crippen MR) is 123 cm³/mol. The molecule has 1 aromatic carbocycles. The third-order valence-corrected chi connectivity index (χ3v) is 5.50. The fourth-order valence-corrected chi connectivity index (χ4v) is 3.83. The second-order valence-electron chi connectivity index (χ2n) is 7.46. The van der Waals surface area contributed by atoms with Crippen LogP contribution in [0, 0.1) is 0 Å². The van der Waals surface area contributed by atoms with Gasteiger partial charge in [0.1, 0.15) is 5.69 Å². The number of ether oxygens (including phenoxy) is 1. The van der Waals surface area contributed by atoms with Crippen molar-refractivity contribution in [1.29, 1.82) is 0 Å². The van der Waals surface area contributed by atoms with E-state index in [4.69, 9.17) is 4.74 Å². The van der Waals surface area contributed by atoms with E-state index >= 15 is 0 Å². The largest absolute Gasteiger partial charge is 0.464 e. The number of esters is 1. The van der Waals surface area contributed by atoms with Crippen molar-refractivity contribution in [1.82, 2.24) is 14.9 Å². The minimum absolute atomic E-state index is 0.377. The minimum Gasteiger partial charge on any atom is -0.464 e. The Hall–Kier alpha value is -2.86. The first-order valence-electron chi connectivity index (χ1n) is 10.7. The number of hydrogen-bond acceptors (Lipinski definition) is 5. The van der Waals surface area contributed by atoms with Crippen LogP contribution in [0.1, 0.15) is 38.2 Å². The maximum atomic E-state index is 11.8. The molecule has 30 heavy (non-hydrogen) atoms. The molecule has 1 aliphatic heterocycles. The van der Waals surface area contributed by atoms with Crippen LogP contribution >= 0.6 is 0 Å². The highest BCUT2D eigenvalue weighted by Crippen LogP contribution is 2.29. The van der Waals surface area contributed by atoms with Crippen LogP contribution < -0.4 is 4.90 Å². The summed E-state index contributed by atoms with van der Waals surface area (Å²) in [5.41, 5.74) is 4.44. The molecule has 0 radical (unpaired) electrons. The number of piperazine rings is 1. The molecule has 1 fully saturated rings. The maximum Gasteiger partial charge on any atom is 0.354 e. The Kier molecular flexibility index (Phi) is 7.11. The van der Waals surface area contributed by atoms with Crippen molar-refractivity contribution in [2.24, 2.45) is 0 Å². The van der Waals surface area contributed by atoms with E-state index in [0.29, 0.717) is 11.7 Å². The number of benzene rings is 1. The summed E-state index contributed by atoms with van der Waals surface area (Å²) in [6.07, 6.45) is 1.76. The van der Waals surface area contributed by atoms with E-state index in [1.165, 1.54) is 12.8 Å². The monoisotopic (exact) mass is 408 g/mol. The van der Waals surface area contributed by atoms with Gasteiger partial charge >= 0.3 is 5.97 Å². The molecule has 6 nitrogen and oxygen atoms in total. The van der Waals surface area contributed by atoms with Crippen LogP contribution in [0.15, 0.2) is 42.6 Å². The highest BCUT2D eigenvalue weighted by molar-refractivity contribution is 6.00. The number of H-pyrrole nitrogens is 1. The van der Waals surface area contributed by atoms with Crippen LogP contribution in [0.5, 0.6) is 0 Å². The van der Waals surface area contributed by atoms with E-state index in [-0.39, 0.29) is 5.97 Å². The van der Waals surface area contributed by atoms with Crippen molar-refractivity contribution in [3.63, 3.8) is 0 Å². The Labute approximate surface area is 178 Å². The Morgan fingerprint density at radius 1 is 1.07 bits per heavy atom. The van der Waals surface area contributed by atoms with Crippen molar-refractivity contribution in [2.45, 2.75) is 33.7 Å². The molecule has 0 spiro atoms. The van der Waals surface area contributed by atoms with Gasteiger partial charge in [0.25, 0.3) is 0 Å². The highest BCUT2D eigenvalue weighted by atomic mass is 16.5. The summed E-state index contributed by atoms with van der Waals surface area (Å²) in [4.78, 5) is 24.4. The number of fused-ring (bicyclic) bond motifs is 1. The first kappa shape index (κ1) is 21.8. The van der Waals surface area contributed by atoms with Gasteiger partial charge in [-0.3, -0.25) is 9.88 Å². The number of methoxy groups -OCH3 is 1. The summed E-state index contributed by atoms with van der Waals surface area (Å²) in [5.74, 6) is -0.377. The zero-order chi connectivity index (χ0) is 21.7. The molecule has 1 saturated heterocycles. The lowest BCUT2D eigenvalue weighted by atomic mass is 10.1. The molecule has 1 N–H and O–H groups in total. The number of carbonyl (C=O) groups excluding carboxylic acids is 1. The van der Waals surface area contributed by atoms with Crippen LogP contribution in [0.2, 0.25) is 0 Å². The molecule has 6 heteroatoms. The van der Waals surface area contributed by atoms with E-state index in [0.717, 1.165) is 48.3 Å². The van der Waals surface area contributed by atoms with Crippen LogP contribution in [0.25, 0.3) is 22.2 Å². The summed E-state index contributed by atoms with van der Waals surface area (Å²) in [7, 11) is 1.38. The van der Waals surface area contributed by atoms with Crippen LogP contribution in [0.4, 0.5) is 5.69 Å². The van der Waals surface area contributed by atoms with Crippen molar-refractivity contribution in [3.05, 3.63) is 48.3 Å². The second kappa shape index (κ2) is 9.76. The van der Waals surface area contributed by atoms with Crippen molar-refractivity contribution in [2.75, 3.05) is 38.2 Å². The smallest absolute Gasteiger partial charge is 0.354 e. The molecule has 3 heterocycles. The summed E-state index contributed by atoms with van der Waals surface area (Å²) in [6, 6.07) is 12.8. The molecule has 0 unspecified atom stereocenters. The fraction of sp³-hybridized carbons (Fsp3) is 0.417. The van der Waals surface area contributed by atoms with E-state index in [1.807, 2.05) is 26.0 Å². The van der Waals surface area contributed by atoms with Crippen LogP contribution in [-0.4, -0.2) is 60.2 Å². The molecular formula is C24H32N4O2. The molecule has 1 aliphatic rings. The zero-order valence-electron chi connectivity index (χ0n) is 18.6. The number of rotatable bonds is 4. The number of aromatic nitrogens is 2. The van der Waals surface area contributed by atoms with E-state index in [1.54, 1.807) is 6.20 Å². The van der Waals surface area contributed by atoms with Crippen molar-refractivity contribution in [3.8, 4) is 11.3 Å². The third-order valence-electron chi connectivity index (χ3n) is 5.50. The van der Waals surface area contributed by atoms with Gasteiger partial charge in [-0.2, -0.15) is 0 Å². The number of anilines is 1. The van der Waals surface area contributed by atoms with Gasteiger partial charge < -0.3 is 14.6 Å². The van der Waals surface area contributed by atoms with Gasteiger partial charge in [0.2, 0.25) is 0 Å². The Morgan fingerprint density at radius 3 is 2.33 bits per heavy atom. The number of aromatic amines is 1. The van der Waals surface area contributed by atoms with E-state index < -0.39 is 0 Å². The summed E-state index contributed by atoms with van der Waals surface area (Å²) in [6.45, 7) is 12.8. The molecule has 0 bridgehead atoms. The zero-order valence-corrected chi connectivity index (χ0v) is 18.6. The van der Waals surface area contributed by atoms with Gasteiger partial charge in [-0.25, -0.2) is 4.79 Å². The SMILES string of the molecule is CC.COC(=O)c1cc2c(-c3ccc(N4CCN(C(C)C)CC4)cc3)nccc2[nH]1. The molecule has 2 aromatic heterocycles. The van der Waals surface area contributed by atoms with Gasteiger partial charge in [-0.15, -0.1) is 0 Å². The average Bonchev–Trinajstić information content (AvgIpc) is 3.24. The van der Waals surface area contributed by atoms with Gasteiger partial charge in [0.15, 0.2) is 0 Å². The van der Waals surface area contributed by atoms with Gasteiger partial charge in [0.05, 0.1) is 12.8 Å². The first-order valence-corrected chi connectivity index (χ1v) is 10.7. The number of carbonyl (C=O) groups is 1. The quantitative estimate of drug-likeness (QED) is 0.641. The lowest BCUT2D eigenvalue weighted by Gasteiger charge is -2.38. The van der Waals surface area contributed by atoms with E-state index in [2.05, 4.69) is 57.9 Å². The normalized spacial score (nSPS) is 14.5. The molecule has 0 amide bonds. The molecule has 3 aromatic rings. The number of pyridine rings is 1. The van der Waals surface area contributed by atoms with Gasteiger partial charge in [0, 0.05) is 60.6 Å². The fourth-order valence-electron chi connectivity index (χ4n) is 3.83. The third kappa shape index (κ3) is 4.49. The maximum absolute atomic E-state index is 11.8. The van der Waals surface area contributed by atoms with E-state index in [9.17, 15) is 4.79 Å². The van der Waals surface area contributed by atoms with Crippen LogP contribution in [-0.2, 0) is 4.74 Å². The summed E-state index contributed by atoms with van der Waals surface area (Å²) >= 11 is 0. The number of nitrogens with one attached hydrogen (secondary N) is 1. The lowest BCUT2D eigenvalue weighted by molar-refractivity contribution is 0.0595. The molecule has 4 rings (SSSR count). The second-order valence-corrected chi connectivity index (χ2v) is 7.46. The predicted octanol–water partition coefficient (Wildman–Crippen LogP) is 4.57. The first-order chi connectivity index (χ1) is 14.6. The lowest BCUT2D eigenvalue weighted by Crippen LogP contribution is -2.48. The summed E-state index contributed by atoms with van der Waals surface area (Å²) in [5, 5.41) is 0.918. The standard InChI is InChI=1S/C22H26N4O2.C2H6/c1-15(2)25-10-12-26(13-11-25)17-6-4-16(5-7-17)21-18-14-20(22(27)28-3)24-19(18)8-9-23-21;1-2/h4-9,14-15,24H,10-13H2,1-3H3;1-2H3. The average molecular weight is 409 g/mol. The summed E-state index contributed by atoms with van der Waals surface area (Å²) < 4.78 is 4.82. The van der Waals surface area contributed by atoms with Crippen molar-refractivity contribution >= 4 is 22.6 Å².